The number of piperidine rings is 2. The first-order valence-corrected chi connectivity index (χ1v) is 26.0. The second-order valence-corrected chi connectivity index (χ2v) is 28.7. The van der Waals surface area contributed by atoms with Gasteiger partial charge in [0.25, 0.3) is 0 Å². The van der Waals surface area contributed by atoms with Crippen molar-refractivity contribution in [3.8, 4) is 0 Å². The van der Waals surface area contributed by atoms with Gasteiger partial charge in [-0.25, -0.2) is 0 Å². The summed E-state index contributed by atoms with van der Waals surface area (Å²) in [6.07, 6.45) is 25.8. The van der Waals surface area contributed by atoms with Gasteiger partial charge in [0.1, 0.15) is 0 Å². The zero-order chi connectivity index (χ0) is 31.3. The summed E-state index contributed by atoms with van der Waals surface area (Å²) < 4.78 is 0. The van der Waals surface area contributed by atoms with Crippen molar-refractivity contribution in [1.29, 1.82) is 0 Å². The maximum atomic E-state index is 3.96. The van der Waals surface area contributed by atoms with Crippen LogP contribution in [0.1, 0.15) is 114 Å². The van der Waals surface area contributed by atoms with Crippen molar-refractivity contribution in [2.24, 2.45) is 46.3 Å². The SMILES string of the molecule is C[Si](C)(C)c1ccc(C(P)(C23CC4CC(CC(C4)C2)C3)C23CC4CC(CC(C4)C2)C3)c(CP(C2CCCNC2)C2CCCNC2)c1. The fourth-order valence-electron chi connectivity index (χ4n) is 14.9. The van der Waals surface area contributed by atoms with Gasteiger partial charge in [-0.15, -0.1) is 9.24 Å². The van der Waals surface area contributed by atoms with Gasteiger partial charge in [-0.1, -0.05) is 50.9 Å². The topological polar surface area (TPSA) is 24.1 Å². The lowest BCUT2D eigenvalue weighted by molar-refractivity contribution is -0.158. The van der Waals surface area contributed by atoms with E-state index in [2.05, 4.69) is 57.7 Å². The Labute approximate surface area is 286 Å². The van der Waals surface area contributed by atoms with Gasteiger partial charge in [-0.05, 0) is 191 Å². The molecule has 2 saturated heterocycles. The Bertz CT molecular complexity index is 1160. The first-order valence-electron chi connectivity index (χ1n) is 20.2. The maximum absolute atomic E-state index is 3.96. The van der Waals surface area contributed by atoms with Crippen LogP contribution in [0.3, 0.4) is 0 Å². The summed E-state index contributed by atoms with van der Waals surface area (Å²) in [5.41, 5.74) is 6.57. The van der Waals surface area contributed by atoms with E-state index in [4.69, 9.17) is 0 Å². The van der Waals surface area contributed by atoms with Crippen LogP contribution in [0, 0.1) is 46.3 Å². The van der Waals surface area contributed by atoms with Crippen LogP contribution >= 0.6 is 17.2 Å². The monoisotopic (exact) mass is 676 g/mol. The van der Waals surface area contributed by atoms with Crippen molar-refractivity contribution in [1.82, 2.24) is 10.6 Å². The summed E-state index contributed by atoms with van der Waals surface area (Å²) >= 11 is 0. The molecule has 0 aromatic heterocycles. The molecule has 0 spiro atoms. The minimum absolute atomic E-state index is 0.0700. The summed E-state index contributed by atoms with van der Waals surface area (Å²) in [6, 6.07) is 8.44. The highest BCUT2D eigenvalue weighted by atomic mass is 31.1. The molecule has 10 fully saturated rings. The summed E-state index contributed by atoms with van der Waals surface area (Å²) in [5.74, 6) is 6.10. The first kappa shape index (κ1) is 32.1. The molecular weight excluding hydrogens is 610 g/mol. The van der Waals surface area contributed by atoms with Crippen LogP contribution < -0.4 is 15.8 Å². The molecule has 46 heavy (non-hydrogen) atoms. The Morgan fingerprint density at radius 2 is 1.15 bits per heavy atom. The van der Waals surface area contributed by atoms with E-state index < -0.39 is 8.07 Å². The molecule has 3 unspecified atom stereocenters. The molecule has 0 radical (unpaired) electrons. The molecule has 3 atom stereocenters. The number of hydrogen-bond acceptors (Lipinski definition) is 2. The largest absolute Gasteiger partial charge is 0.316 e. The first-order chi connectivity index (χ1) is 22.1. The average Bonchev–Trinajstić information content (AvgIpc) is 3.02. The molecule has 10 aliphatic rings. The number of hydrogen-bond donors (Lipinski definition) is 2. The number of rotatable bonds is 8. The minimum Gasteiger partial charge on any atom is -0.316 e. The van der Waals surface area contributed by atoms with Crippen LogP contribution in [-0.2, 0) is 11.3 Å². The lowest BCUT2D eigenvalue weighted by atomic mass is 9.37. The molecule has 8 bridgehead atoms. The Kier molecular flexibility index (Phi) is 8.31. The molecule has 0 amide bonds. The van der Waals surface area contributed by atoms with Gasteiger partial charge in [0.15, 0.2) is 0 Å². The van der Waals surface area contributed by atoms with E-state index in [1.54, 1.807) is 82.2 Å². The van der Waals surface area contributed by atoms with E-state index in [1.165, 1.54) is 58.0 Å². The van der Waals surface area contributed by atoms with Crippen molar-refractivity contribution in [2.75, 3.05) is 26.2 Å². The lowest BCUT2D eigenvalue weighted by Gasteiger charge is -2.72. The summed E-state index contributed by atoms with van der Waals surface area (Å²) in [4.78, 5) is 0. The highest BCUT2D eigenvalue weighted by Crippen LogP contribution is 2.78. The van der Waals surface area contributed by atoms with Crippen molar-refractivity contribution < 1.29 is 0 Å². The molecule has 1 aromatic rings. The van der Waals surface area contributed by atoms with Crippen LogP contribution in [-0.4, -0.2) is 45.6 Å². The third-order valence-electron chi connectivity index (χ3n) is 16.0. The van der Waals surface area contributed by atoms with Crippen LogP contribution in [0.4, 0.5) is 0 Å². The Balaban J connectivity index is 1.21. The van der Waals surface area contributed by atoms with Crippen molar-refractivity contribution in [2.45, 2.75) is 145 Å². The Hall–Kier alpha value is 0.217. The van der Waals surface area contributed by atoms with Gasteiger partial charge < -0.3 is 10.6 Å². The molecule has 2 heterocycles. The fraction of sp³-hybridized carbons (Fsp3) is 0.854. The molecule has 8 aliphatic carbocycles. The highest BCUT2D eigenvalue weighted by molar-refractivity contribution is 7.58. The van der Waals surface area contributed by atoms with Crippen LogP contribution in [0.25, 0.3) is 0 Å². The molecule has 2 nitrogen and oxygen atoms in total. The second kappa shape index (κ2) is 11.9. The van der Waals surface area contributed by atoms with Gasteiger partial charge in [0, 0.05) is 18.2 Å². The van der Waals surface area contributed by atoms with Crippen LogP contribution in [0.15, 0.2) is 18.2 Å². The molecule has 2 aliphatic heterocycles. The van der Waals surface area contributed by atoms with Gasteiger partial charge >= 0.3 is 0 Å². The van der Waals surface area contributed by atoms with Gasteiger partial charge in [0.2, 0.25) is 0 Å². The Morgan fingerprint density at radius 3 is 1.52 bits per heavy atom. The Morgan fingerprint density at radius 1 is 0.717 bits per heavy atom. The second-order valence-electron chi connectivity index (χ2n) is 20.0. The van der Waals surface area contributed by atoms with Gasteiger partial charge in [0.05, 0.1) is 8.07 Å². The normalized spacial score (nSPS) is 45.1. The predicted octanol–water partition coefficient (Wildman–Crippen LogP) is 9.22. The highest BCUT2D eigenvalue weighted by Gasteiger charge is 2.69. The molecule has 11 rings (SSSR count). The van der Waals surface area contributed by atoms with Crippen LogP contribution in [0.5, 0.6) is 0 Å². The molecule has 5 heteroatoms. The van der Waals surface area contributed by atoms with E-state index in [-0.39, 0.29) is 13.1 Å². The quantitative estimate of drug-likeness (QED) is 0.212. The summed E-state index contributed by atoms with van der Waals surface area (Å²) in [7, 11) is 2.45. The van der Waals surface area contributed by atoms with Gasteiger partial charge in [-0.2, -0.15) is 0 Å². The molecule has 2 N–H and O–H groups in total. The molecule has 254 valence electrons. The third kappa shape index (κ3) is 5.27. The van der Waals surface area contributed by atoms with Crippen molar-refractivity contribution in [3.63, 3.8) is 0 Å². The number of nitrogens with one attached hydrogen (secondary N) is 2. The van der Waals surface area contributed by atoms with Crippen molar-refractivity contribution >= 4 is 30.4 Å². The molecule has 1 aromatic carbocycles. The van der Waals surface area contributed by atoms with E-state index in [1.807, 2.05) is 11.1 Å². The van der Waals surface area contributed by atoms with Crippen molar-refractivity contribution in [3.05, 3.63) is 29.3 Å². The average molecular weight is 677 g/mol. The third-order valence-corrected chi connectivity index (χ3v) is 23.0. The van der Waals surface area contributed by atoms with E-state index in [0.717, 1.165) is 46.8 Å². The van der Waals surface area contributed by atoms with Gasteiger partial charge in [-0.3, -0.25) is 0 Å². The minimum atomic E-state index is -1.44. The summed E-state index contributed by atoms with van der Waals surface area (Å²) in [6.45, 7) is 12.9. The maximum Gasteiger partial charge on any atom is 0.0776 e. The zero-order valence-corrected chi connectivity index (χ0v) is 32.8. The standard InChI is InChI=1S/C41H66N2P2Si/c1-46(2,3)37-8-9-38(34(18-37)27-45(35-6-4-10-42-25-35)36-7-5-11-43-26-36)41(44,39-19-28-12-29(20-39)14-30(13-28)21-39)40-22-31-15-32(23-40)17-33(16-31)24-40/h8-9,18,28-33,35-36,42-43H,4-7,10-17,19-27,44H2,1-3H3. The fourth-order valence-corrected chi connectivity index (χ4v) is 20.6. The smallest absolute Gasteiger partial charge is 0.0776 e. The zero-order valence-electron chi connectivity index (χ0n) is 29.7. The lowest BCUT2D eigenvalue weighted by Crippen LogP contribution is -2.64. The van der Waals surface area contributed by atoms with E-state index in [0.29, 0.717) is 10.8 Å². The molecular formula is C41H66N2P2Si. The molecule has 8 saturated carbocycles. The van der Waals surface area contributed by atoms with Crippen LogP contribution in [0.2, 0.25) is 19.6 Å². The summed E-state index contributed by atoms with van der Waals surface area (Å²) in [5, 5.41) is 9.78. The predicted molar refractivity (Wildman–Crippen MR) is 204 cm³/mol. The van der Waals surface area contributed by atoms with E-state index in [9.17, 15) is 0 Å². The van der Waals surface area contributed by atoms with E-state index >= 15 is 0 Å². The number of benzene rings is 1.